The van der Waals surface area contributed by atoms with Gasteiger partial charge in [0.05, 0.1) is 26.7 Å². The number of H-pyrrole nitrogens is 1. The summed E-state index contributed by atoms with van der Waals surface area (Å²) in [6, 6.07) is 9.25. The van der Waals surface area contributed by atoms with Crippen LogP contribution in [-0.2, 0) is 14.8 Å². The summed E-state index contributed by atoms with van der Waals surface area (Å²) < 4.78 is 40.2. The number of hydrogen-bond acceptors (Lipinski definition) is 5. The molecule has 3 aromatic rings. The summed E-state index contributed by atoms with van der Waals surface area (Å²) in [5, 5.41) is 0.427. The molecule has 0 radical (unpaired) electrons. The summed E-state index contributed by atoms with van der Waals surface area (Å²) >= 11 is 7.04. The molecule has 4 rings (SSSR count). The second kappa shape index (κ2) is 8.78. The maximum atomic E-state index is 13.3. The molecule has 1 aromatic heterocycles. The first kappa shape index (κ1) is 22.1. The van der Waals surface area contributed by atoms with Crippen molar-refractivity contribution >= 4 is 50.3 Å². The smallest absolute Gasteiger partial charge is 0.243 e. The average Bonchev–Trinajstić information content (AvgIpc) is 3.16. The summed E-state index contributed by atoms with van der Waals surface area (Å²) in [6.45, 7) is 2.90. The predicted octanol–water partition coefficient (Wildman–Crippen LogP) is 3.29. The molecule has 7 nitrogen and oxygen atoms in total. The summed E-state index contributed by atoms with van der Waals surface area (Å²) in [6.07, 6.45) is 0. The molecule has 164 valence electrons. The van der Waals surface area contributed by atoms with E-state index in [2.05, 4.69) is 9.97 Å². The first-order valence-electron chi connectivity index (χ1n) is 9.56. The molecule has 0 spiro atoms. The van der Waals surface area contributed by atoms with Gasteiger partial charge in [-0.15, -0.1) is 0 Å². The van der Waals surface area contributed by atoms with Crippen molar-refractivity contribution in [1.29, 1.82) is 0 Å². The fraction of sp³-hybridized carbons (Fsp3) is 0.300. The number of aromatic nitrogens is 2. The Hall–Kier alpha value is -2.14. The zero-order chi connectivity index (χ0) is 22.2. The Kier molecular flexibility index (Phi) is 6.25. The number of imidazole rings is 1. The van der Waals surface area contributed by atoms with Crippen LogP contribution in [0.15, 0.2) is 46.5 Å². The highest BCUT2D eigenvalue weighted by molar-refractivity contribution is 7.99. The van der Waals surface area contributed by atoms with Gasteiger partial charge in [-0.1, -0.05) is 29.4 Å². The van der Waals surface area contributed by atoms with Gasteiger partial charge < -0.3 is 9.88 Å². The van der Waals surface area contributed by atoms with E-state index in [4.69, 9.17) is 11.6 Å². The third kappa shape index (κ3) is 4.72. The Bertz CT molecular complexity index is 1240. The molecule has 0 saturated carbocycles. The minimum atomic E-state index is -3.80. The molecule has 1 aliphatic rings. The van der Waals surface area contributed by atoms with Crippen LogP contribution in [0, 0.1) is 12.7 Å². The van der Waals surface area contributed by atoms with Crippen LogP contribution in [0.5, 0.6) is 0 Å². The third-order valence-electron chi connectivity index (χ3n) is 5.07. The van der Waals surface area contributed by atoms with E-state index in [0.29, 0.717) is 5.16 Å². The van der Waals surface area contributed by atoms with Crippen LogP contribution in [0.25, 0.3) is 11.0 Å². The normalized spacial score (nSPS) is 15.5. The lowest BCUT2D eigenvalue weighted by molar-refractivity contribution is -0.129. The average molecular weight is 483 g/mol. The van der Waals surface area contributed by atoms with Crippen molar-refractivity contribution in [2.75, 3.05) is 31.9 Å². The van der Waals surface area contributed by atoms with E-state index in [9.17, 15) is 17.6 Å². The first-order chi connectivity index (χ1) is 14.7. The number of sulfonamides is 1. The number of hydrogen-bond donors (Lipinski definition) is 1. The molecule has 1 saturated heterocycles. The lowest BCUT2D eigenvalue weighted by Crippen LogP contribution is -2.50. The number of nitrogens with zero attached hydrogens (tertiary/aromatic N) is 3. The number of benzene rings is 2. The van der Waals surface area contributed by atoms with Crippen LogP contribution in [0.4, 0.5) is 4.39 Å². The van der Waals surface area contributed by atoms with E-state index in [0.717, 1.165) is 28.7 Å². The fourth-order valence-corrected chi connectivity index (χ4v) is 5.84. The van der Waals surface area contributed by atoms with Gasteiger partial charge in [0.2, 0.25) is 15.9 Å². The van der Waals surface area contributed by atoms with Crippen molar-refractivity contribution in [2.24, 2.45) is 0 Å². The highest BCUT2D eigenvalue weighted by atomic mass is 35.5. The fourth-order valence-electron chi connectivity index (χ4n) is 3.35. The number of fused-ring (bicyclic) bond motifs is 1. The monoisotopic (exact) mass is 482 g/mol. The van der Waals surface area contributed by atoms with Crippen LogP contribution in [0.1, 0.15) is 5.56 Å². The molecular formula is C20H20ClFN4O3S2. The lowest BCUT2D eigenvalue weighted by atomic mass is 10.2. The van der Waals surface area contributed by atoms with Crippen molar-refractivity contribution in [3.63, 3.8) is 0 Å². The van der Waals surface area contributed by atoms with Gasteiger partial charge in [-0.2, -0.15) is 4.31 Å². The number of piperazine rings is 1. The topological polar surface area (TPSA) is 86.4 Å². The van der Waals surface area contributed by atoms with E-state index in [-0.39, 0.29) is 47.8 Å². The molecule has 31 heavy (non-hydrogen) atoms. The van der Waals surface area contributed by atoms with Crippen molar-refractivity contribution < 1.29 is 17.6 Å². The van der Waals surface area contributed by atoms with Gasteiger partial charge in [0.25, 0.3) is 0 Å². The number of aromatic amines is 1. The summed E-state index contributed by atoms with van der Waals surface area (Å²) in [5.74, 6) is -0.546. The number of nitrogens with one attached hydrogen (secondary N) is 1. The number of carbonyl (C=O) groups excluding carboxylic acids is 1. The Balaban J connectivity index is 1.34. The number of carbonyl (C=O) groups is 1. The Morgan fingerprint density at radius 2 is 1.94 bits per heavy atom. The standard InChI is InChI=1S/C20H20ClFN4O3S2/c1-13-2-5-17-18(10-13)24-20(23-17)30-12-19(27)25-6-8-26(9-7-25)31(28,29)14-3-4-16(22)15(21)11-14/h2-5,10-11H,6-9,12H2,1H3,(H,23,24). The maximum Gasteiger partial charge on any atom is 0.243 e. The van der Waals surface area contributed by atoms with E-state index in [1.165, 1.54) is 22.1 Å². The van der Waals surface area contributed by atoms with Crippen LogP contribution in [-0.4, -0.2) is 65.4 Å². The molecule has 11 heteroatoms. The quantitative estimate of drug-likeness (QED) is 0.564. The minimum absolute atomic E-state index is 0.0608. The van der Waals surface area contributed by atoms with Gasteiger partial charge in [-0.3, -0.25) is 4.79 Å². The molecule has 1 amide bonds. The summed E-state index contributed by atoms with van der Waals surface area (Å²) in [4.78, 5) is 21.8. The van der Waals surface area contributed by atoms with Gasteiger partial charge >= 0.3 is 0 Å². The van der Waals surface area contributed by atoms with Crippen molar-refractivity contribution in [1.82, 2.24) is 19.2 Å². The molecule has 1 fully saturated rings. The first-order valence-corrected chi connectivity index (χ1v) is 12.4. The molecule has 1 N–H and O–H groups in total. The van der Waals surface area contributed by atoms with Gasteiger partial charge in [0, 0.05) is 26.2 Å². The number of rotatable bonds is 5. The van der Waals surface area contributed by atoms with E-state index in [1.54, 1.807) is 4.90 Å². The molecular weight excluding hydrogens is 463 g/mol. The summed E-state index contributed by atoms with van der Waals surface area (Å²) in [7, 11) is -3.80. The van der Waals surface area contributed by atoms with Crippen LogP contribution >= 0.6 is 23.4 Å². The largest absolute Gasteiger partial charge is 0.339 e. The highest BCUT2D eigenvalue weighted by Crippen LogP contribution is 2.24. The molecule has 0 unspecified atom stereocenters. The Morgan fingerprint density at radius 3 is 2.65 bits per heavy atom. The molecule has 2 heterocycles. The van der Waals surface area contributed by atoms with Crippen molar-refractivity contribution in [3.8, 4) is 0 Å². The second-order valence-corrected chi connectivity index (χ2v) is 10.5. The molecule has 1 aliphatic heterocycles. The zero-order valence-electron chi connectivity index (χ0n) is 16.6. The minimum Gasteiger partial charge on any atom is -0.339 e. The van der Waals surface area contributed by atoms with E-state index < -0.39 is 15.8 Å². The SMILES string of the molecule is Cc1ccc2nc(SCC(=O)N3CCN(S(=O)(=O)c4ccc(F)c(Cl)c4)CC3)[nH]c2c1. The van der Waals surface area contributed by atoms with Gasteiger partial charge in [0.15, 0.2) is 5.16 Å². The van der Waals surface area contributed by atoms with Gasteiger partial charge in [-0.25, -0.2) is 17.8 Å². The van der Waals surface area contributed by atoms with Crippen LogP contribution in [0.3, 0.4) is 0 Å². The number of amides is 1. The second-order valence-electron chi connectivity index (χ2n) is 7.21. The van der Waals surface area contributed by atoms with Gasteiger partial charge in [0.1, 0.15) is 5.82 Å². The predicted molar refractivity (Wildman–Crippen MR) is 118 cm³/mol. The van der Waals surface area contributed by atoms with Crippen molar-refractivity contribution in [3.05, 3.63) is 52.8 Å². The number of aryl methyl sites for hydroxylation is 1. The van der Waals surface area contributed by atoms with Crippen LogP contribution < -0.4 is 0 Å². The Labute approximate surface area is 188 Å². The highest BCUT2D eigenvalue weighted by Gasteiger charge is 2.30. The third-order valence-corrected chi connectivity index (χ3v) is 8.11. The number of thioether (sulfide) groups is 1. The van der Waals surface area contributed by atoms with E-state index >= 15 is 0 Å². The van der Waals surface area contributed by atoms with Crippen LogP contribution in [0.2, 0.25) is 5.02 Å². The molecule has 2 aromatic carbocycles. The maximum absolute atomic E-state index is 13.3. The van der Waals surface area contributed by atoms with Crippen molar-refractivity contribution in [2.45, 2.75) is 17.0 Å². The number of halogens is 2. The lowest BCUT2D eigenvalue weighted by Gasteiger charge is -2.34. The van der Waals surface area contributed by atoms with Gasteiger partial charge in [-0.05, 0) is 42.8 Å². The molecule has 0 aliphatic carbocycles. The molecule has 0 bridgehead atoms. The zero-order valence-corrected chi connectivity index (χ0v) is 19.0. The molecule has 0 atom stereocenters. The summed E-state index contributed by atoms with van der Waals surface area (Å²) in [5.41, 5.74) is 2.90. The Morgan fingerprint density at radius 1 is 1.19 bits per heavy atom. The van der Waals surface area contributed by atoms with E-state index in [1.807, 2.05) is 25.1 Å².